The van der Waals surface area contributed by atoms with Crippen LogP contribution in [0.1, 0.15) is 40.5 Å². The standard InChI is InChI=1S/C10H19NO3/c1-5-7(6-2)8(12)11-10(3,4)9(13)14/h7H,5-6H2,1-4H3,(H,11,12)(H,13,14). The molecule has 0 bridgehead atoms. The summed E-state index contributed by atoms with van der Waals surface area (Å²) in [4.78, 5) is 22.3. The lowest BCUT2D eigenvalue weighted by Crippen LogP contribution is -2.51. The maximum atomic E-state index is 11.6. The third kappa shape index (κ3) is 3.36. The van der Waals surface area contributed by atoms with Crippen molar-refractivity contribution in [3.8, 4) is 0 Å². The van der Waals surface area contributed by atoms with Crippen molar-refractivity contribution in [1.29, 1.82) is 0 Å². The number of carboxylic acids is 1. The molecule has 0 aromatic rings. The van der Waals surface area contributed by atoms with E-state index in [1.54, 1.807) is 0 Å². The van der Waals surface area contributed by atoms with Crippen LogP contribution in [0.5, 0.6) is 0 Å². The van der Waals surface area contributed by atoms with Crippen molar-refractivity contribution in [2.45, 2.75) is 46.1 Å². The van der Waals surface area contributed by atoms with Crippen LogP contribution in [0.25, 0.3) is 0 Å². The van der Waals surface area contributed by atoms with Crippen molar-refractivity contribution >= 4 is 11.9 Å². The van der Waals surface area contributed by atoms with E-state index in [1.165, 1.54) is 13.8 Å². The van der Waals surface area contributed by atoms with Gasteiger partial charge in [0.25, 0.3) is 0 Å². The smallest absolute Gasteiger partial charge is 0.328 e. The molecule has 82 valence electrons. The molecule has 0 aromatic carbocycles. The maximum absolute atomic E-state index is 11.6. The lowest BCUT2D eigenvalue weighted by atomic mass is 9.99. The summed E-state index contributed by atoms with van der Waals surface area (Å²) in [6.45, 7) is 6.80. The van der Waals surface area contributed by atoms with Crippen LogP contribution >= 0.6 is 0 Å². The van der Waals surface area contributed by atoms with Crippen molar-refractivity contribution in [1.82, 2.24) is 5.32 Å². The second kappa shape index (κ2) is 4.98. The van der Waals surface area contributed by atoms with E-state index in [0.717, 1.165) is 12.8 Å². The molecule has 14 heavy (non-hydrogen) atoms. The normalized spacial score (nSPS) is 11.5. The molecule has 0 rings (SSSR count). The van der Waals surface area contributed by atoms with Gasteiger partial charge in [0.1, 0.15) is 5.54 Å². The van der Waals surface area contributed by atoms with E-state index in [1.807, 2.05) is 13.8 Å². The van der Waals surface area contributed by atoms with E-state index in [0.29, 0.717) is 0 Å². The van der Waals surface area contributed by atoms with Gasteiger partial charge in [0.05, 0.1) is 0 Å². The number of hydrogen-bond donors (Lipinski definition) is 2. The van der Waals surface area contributed by atoms with Crippen LogP contribution in [0.4, 0.5) is 0 Å². The highest BCUT2D eigenvalue weighted by Crippen LogP contribution is 2.10. The van der Waals surface area contributed by atoms with Crippen LogP contribution in [0, 0.1) is 5.92 Å². The summed E-state index contributed by atoms with van der Waals surface area (Å²) < 4.78 is 0. The number of carbonyl (C=O) groups is 2. The molecule has 4 heteroatoms. The lowest BCUT2D eigenvalue weighted by molar-refractivity contribution is -0.146. The number of rotatable bonds is 5. The maximum Gasteiger partial charge on any atom is 0.328 e. The van der Waals surface area contributed by atoms with Gasteiger partial charge in [-0.05, 0) is 26.7 Å². The van der Waals surface area contributed by atoms with Crippen LogP contribution in [-0.4, -0.2) is 22.5 Å². The van der Waals surface area contributed by atoms with E-state index < -0.39 is 11.5 Å². The lowest BCUT2D eigenvalue weighted by Gasteiger charge is -2.23. The summed E-state index contributed by atoms with van der Waals surface area (Å²) in [6, 6.07) is 0. The summed E-state index contributed by atoms with van der Waals surface area (Å²) in [5.41, 5.74) is -1.18. The molecule has 0 heterocycles. The fourth-order valence-electron chi connectivity index (χ4n) is 1.12. The van der Waals surface area contributed by atoms with Crippen LogP contribution in [0.2, 0.25) is 0 Å². The van der Waals surface area contributed by atoms with Gasteiger partial charge in [-0.2, -0.15) is 0 Å². The molecule has 4 nitrogen and oxygen atoms in total. The predicted molar refractivity (Wildman–Crippen MR) is 53.9 cm³/mol. The zero-order valence-corrected chi connectivity index (χ0v) is 9.26. The minimum Gasteiger partial charge on any atom is -0.480 e. The van der Waals surface area contributed by atoms with Crippen molar-refractivity contribution < 1.29 is 14.7 Å². The second-order valence-corrected chi connectivity index (χ2v) is 3.93. The Balaban J connectivity index is 4.38. The van der Waals surface area contributed by atoms with Gasteiger partial charge >= 0.3 is 5.97 Å². The highest BCUT2D eigenvalue weighted by Gasteiger charge is 2.30. The van der Waals surface area contributed by atoms with Gasteiger partial charge in [0, 0.05) is 5.92 Å². The monoisotopic (exact) mass is 201 g/mol. The van der Waals surface area contributed by atoms with E-state index in [-0.39, 0.29) is 11.8 Å². The number of hydrogen-bond acceptors (Lipinski definition) is 2. The summed E-state index contributed by atoms with van der Waals surface area (Å²) in [5, 5.41) is 11.3. The molecule has 0 spiro atoms. The Labute approximate surface area is 84.7 Å². The molecule has 0 aliphatic heterocycles. The Morgan fingerprint density at radius 2 is 1.71 bits per heavy atom. The van der Waals surface area contributed by atoms with Crippen LogP contribution in [-0.2, 0) is 9.59 Å². The zero-order valence-electron chi connectivity index (χ0n) is 9.26. The number of amides is 1. The molecule has 0 saturated carbocycles. The molecule has 2 N–H and O–H groups in total. The summed E-state index contributed by atoms with van der Waals surface area (Å²) >= 11 is 0. The summed E-state index contributed by atoms with van der Waals surface area (Å²) in [5.74, 6) is -1.28. The summed E-state index contributed by atoms with van der Waals surface area (Å²) in [7, 11) is 0. The van der Waals surface area contributed by atoms with Crippen molar-refractivity contribution in [2.24, 2.45) is 5.92 Å². The van der Waals surface area contributed by atoms with Gasteiger partial charge in [0.15, 0.2) is 0 Å². The SMILES string of the molecule is CCC(CC)C(=O)NC(C)(C)C(=O)O. The minimum absolute atomic E-state index is 0.0892. The highest BCUT2D eigenvalue weighted by atomic mass is 16.4. The highest BCUT2D eigenvalue weighted by molar-refractivity contribution is 5.87. The van der Waals surface area contributed by atoms with Crippen molar-refractivity contribution in [3.63, 3.8) is 0 Å². The molecule has 1 amide bonds. The molecule has 0 aliphatic carbocycles. The van der Waals surface area contributed by atoms with Gasteiger partial charge in [-0.25, -0.2) is 4.79 Å². The Morgan fingerprint density at radius 1 is 1.29 bits per heavy atom. The van der Waals surface area contributed by atoms with Crippen LogP contribution < -0.4 is 5.32 Å². The fourth-order valence-corrected chi connectivity index (χ4v) is 1.12. The Bertz CT molecular complexity index is 219. The first-order valence-electron chi connectivity index (χ1n) is 4.90. The van der Waals surface area contributed by atoms with E-state index in [2.05, 4.69) is 5.32 Å². The average molecular weight is 201 g/mol. The van der Waals surface area contributed by atoms with Gasteiger partial charge in [-0.3, -0.25) is 4.79 Å². The van der Waals surface area contributed by atoms with E-state index in [9.17, 15) is 9.59 Å². The van der Waals surface area contributed by atoms with Gasteiger partial charge < -0.3 is 10.4 Å². The summed E-state index contributed by atoms with van der Waals surface area (Å²) in [6.07, 6.45) is 1.47. The fraction of sp³-hybridized carbons (Fsp3) is 0.800. The molecule has 0 radical (unpaired) electrons. The molecule has 0 atom stereocenters. The third-order valence-corrected chi connectivity index (χ3v) is 2.33. The minimum atomic E-state index is -1.18. The molecular formula is C10H19NO3. The van der Waals surface area contributed by atoms with Crippen molar-refractivity contribution in [3.05, 3.63) is 0 Å². The molecule has 0 unspecified atom stereocenters. The molecule has 0 aliphatic rings. The van der Waals surface area contributed by atoms with E-state index >= 15 is 0 Å². The molecule has 0 aromatic heterocycles. The van der Waals surface area contributed by atoms with Crippen LogP contribution in [0.3, 0.4) is 0 Å². The Hall–Kier alpha value is -1.06. The quantitative estimate of drug-likeness (QED) is 0.706. The average Bonchev–Trinajstić information content (AvgIpc) is 2.05. The van der Waals surface area contributed by atoms with Crippen LogP contribution in [0.15, 0.2) is 0 Å². The zero-order chi connectivity index (χ0) is 11.4. The topological polar surface area (TPSA) is 66.4 Å². The van der Waals surface area contributed by atoms with E-state index in [4.69, 9.17) is 5.11 Å². The molecule has 0 fully saturated rings. The van der Waals surface area contributed by atoms with Gasteiger partial charge in [-0.1, -0.05) is 13.8 Å². The first-order valence-corrected chi connectivity index (χ1v) is 4.90. The predicted octanol–water partition coefficient (Wildman–Crippen LogP) is 1.40. The second-order valence-electron chi connectivity index (χ2n) is 3.93. The first-order chi connectivity index (χ1) is 6.35. The number of carboxylic acid groups (broad SMARTS) is 1. The third-order valence-electron chi connectivity index (χ3n) is 2.33. The van der Waals surface area contributed by atoms with Gasteiger partial charge in [-0.15, -0.1) is 0 Å². The number of nitrogens with one attached hydrogen (secondary N) is 1. The Kier molecular flexibility index (Phi) is 4.60. The van der Waals surface area contributed by atoms with Gasteiger partial charge in [0.2, 0.25) is 5.91 Å². The number of aliphatic carboxylic acids is 1. The molecular weight excluding hydrogens is 182 g/mol. The Morgan fingerprint density at radius 3 is 2.00 bits per heavy atom. The largest absolute Gasteiger partial charge is 0.480 e. The van der Waals surface area contributed by atoms with Crippen molar-refractivity contribution in [2.75, 3.05) is 0 Å². The molecule has 0 saturated heterocycles. The first kappa shape index (κ1) is 12.9. The number of carbonyl (C=O) groups excluding carboxylic acids is 1.